The highest BCUT2D eigenvalue weighted by atomic mass is 16.5. The van der Waals surface area contributed by atoms with Crippen LogP contribution in [0.5, 0.6) is 5.75 Å². The van der Waals surface area contributed by atoms with Gasteiger partial charge in [-0.05, 0) is 38.8 Å². The van der Waals surface area contributed by atoms with Gasteiger partial charge in [0.1, 0.15) is 12.3 Å². The molecule has 0 saturated heterocycles. The lowest BCUT2D eigenvalue weighted by molar-refractivity contribution is -0.146. The number of amides is 1. The van der Waals surface area contributed by atoms with Gasteiger partial charge in [0, 0.05) is 6.04 Å². The second-order valence-corrected chi connectivity index (χ2v) is 5.33. The Morgan fingerprint density at radius 1 is 1.24 bits per heavy atom. The van der Waals surface area contributed by atoms with Crippen LogP contribution in [0.25, 0.3) is 0 Å². The van der Waals surface area contributed by atoms with Gasteiger partial charge >= 0.3 is 5.97 Å². The predicted molar refractivity (Wildman–Crippen MR) is 80.5 cm³/mol. The van der Waals surface area contributed by atoms with E-state index >= 15 is 0 Å². The first-order chi connectivity index (χ1) is 9.82. The van der Waals surface area contributed by atoms with Gasteiger partial charge < -0.3 is 14.7 Å². The molecule has 0 bridgehead atoms. The largest absolute Gasteiger partial charge is 0.493 e. The predicted octanol–water partition coefficient (Wildman–Crippen LogP) is 2.39. The normalized spacial score (nSPS) is 10.5. The molecule has 5 nitrogen and oxygen atoms in total. The smallest absolute Gasteiger partial charge is 0.323 e. The average molecular weight is 293 g/mol. The van der Waals surface area contributed by atoms with Crippen LogP contribution < -0.4 is 4.74 Å². The number of carboxylic acid groups (broad SMARTS) is 1. The Kier molecular flexibility index (Phi) is 6.21. The van der Waals surface area contributed by atoms with E-state index in [0.717, 1.165) is 16.9 Å². The van der Waals surface area contributed by atoms with Gasteiger partial charge in [0.05, 0.1) is 13.0 Å². The molecule has 0 radical (unpaired) electrons. The van der Waals surface area contributed by atoms with E-state index in [1.165, 1.54) is 4.90 Å². The second-order valence-electron chi connectivity index (χ2n) is 5.33. The van der Waals surface area contributed by atoms with Crippen molar-refractivity contribution in [1.29, 1.82) is 0 Å². The summed E-state index contributed by atoms with van der Waals surface area (Å²) < 4.78 is 5.68. The first-order valence-corrected chi connectivity index (χ1v) is 7.03. The van der Waals surface area contributed by atoms with Crippen molar-refractivity contribution in [3.05, 3.63) is 29.3 Å². The van der Waals surface area contributed by atoms with E-state index in [0.29, 0.717) is 0 Å². The van der Waals surface area contributed by atoms with E-state index in [4.69, 9.17) is 9.84 Å². The lowest BCUT2D eigenvalue weighted by atomic mass is 10.1. The van der Waals surface area contributed by atoms with Gasteiger partial charge in [-0.25, -0.2) is 0 Å². The monoisotopic (exact) mass is 293 g/mol. The molecule has 1 amide bonds. The lowest BCUT2D eigenvalue weighted by Gasteiger charge is -2.25. The van der Waals surface area contributed by atoms with Gasteiger partial charge in [0.15, 0.2) is 0 Å². The molecule has 0 spiro atoms. The minimum absolute atomic E-state index is 0.145. The lowest BCUT2D eigenvalue weighted by Crippen LogP contribution is -2.41. The minimum atomic E-state index is -1.01. The molecule has 0 heterocycles. The third-order valence-electron chi connectivity index (χ3n) is 3.22. The fourth-order valence-electron chi connectivity index (χ4n) is 2.12. The van der Waals surface area contributed by atoms with Crippen LogP contribution in [-0.4, -0.2) is 41.1 Å². The van der Waals surface area contributed by atoms with E-state index < -0.39 is 5.97 Å². The number of carbonyl (C=O) groups excluding carboxylic acids is 1. The van der Waals surface area contributed by atoms with Crippen LogP contribution in [0, 0.1) is 13.8 Å². The van der Waals surface area contributed by atoms with Crippen LogP contribution in [0.2, 0.25) is 0 Å². The van der Waals surface area contributed by atoms with Crippen molar-refractivity contribution in [2.75, 3.05) is 13.2 Å². The molecule has 5 heteroatoms. The van der Waals surface area contributed by atoms with Crippen molar-refractivity contribution in [3.63, 3.8) is 0 Å². The number of carbonyl (C=O) groups is 2. The summed E-state index contributed by atoms with van der Waals surface area (Å²) >= 11 is 0. The molecule has 1 N–H and O–H groups in total. The molecule has 1 aromatic carbocycles. The highest BCUT2D eigenvalue weighted by molar-refractivity contribution is 5.81. The SMILES string of the molecule is Cc1cccc(C)c1OCCC(=O)N(CC(=O)O)C(C)C. The molecule has 21 heavy (non-hydrogen) atoms. The van der Waals surface area contributed by atoms with Crippen LogP contribution in [0.15, 0.2) is 18.2 Å². The zero-order valence-corrected chi connectivity index (χ0v) is 13.0. The molecule has 0 aromatic heterocycles. The van der Waals surface area contributed by atoms with E-state index in [1.54, 1.807) is 13.8 Å². The molecular weight excluding hydrogens is 270 g/mol. The summed E-state index contributed by atoms with van der Waals surface area (Å²) in [6, 6.07) is 5.72. The third-order valence-corrected chi connectivity index (χ3v) is 3.22. The van der Waals surface area contributed by atoms with Crippen molar-refractivity contribution in [2.24, 2.45) is 0 Å². The van der Waals surface area contributed by atoms with Gasteiger partial charge in [0.25, 0.3) is 0 Å². The number of nitrogens with zero attached hydrogens (tertiary/aromatic N) is 1. The van der Waals surface area contributed by atoms with Gasteiger partial charge in [-0.15, -0.1) is 0 Å². The van der Waals surface area contributed by atoms with Crippen molar-refractivity contribution in [3.8, 4) is 5.75 Å². The Morgan fingerprint density at radius 2 is 1.81 bits per heavy atom. The molecule has 1 rings (SSSR count). The summed E-state index contributed by atoms with van der Waals surface area (Å²) in [4.78, 5) is 24.2. The van der Waals surface area contributed by atoms with Gasteiger partial charge in [-0.2, -0.15) is 0 Å². The number of hydrogen-bond acceptors (Lipinski definition) is 3. The summed E-state index contributed by atoms with van der Waals surface area (Å²) in [5, 5.41) is 8.83. The molecule has 0 aliphatic carbocycles. The maximum absolute atomic E-state index is 12.1. The highest BCUT2D eigenvalue weighted by Gasteiger charge is 2.19. The Labute approximate surface area is 125 Å². The summed E-state index contributed by atoms with van der Waals surface area (Å²) in [6.45, 7) is 7.47. The highest BCUT2D eigenvalue weighted by Crippen LogP contribution is 2.22. The Hall–Kier alpha value is -2.04. The van der Waals surface area contributed by atoms with E-state index in [2.05, 4.69) is 0 Å². The maximum atomic E-state index is 12.1. The van der Waals surface area contributed by atoms with E-state index in [-0.39, 0.29) is 31.5 Å². The van der Waals surface area contributed by atoms with Crippen molar-refractivity contribution in [1.82, 2.24) is 4.90 Å². The second kappa shape index (κ2) is 7.67. The molecule has 116 valence electrons. The zero-order chi connectivity index (χ0) is 16.0. The number of rotatable bonds is 7. The number of para-hydroxylation sites is 1. The number of ether oxygens (including phenoxy) is 1. The van der Waals surface area contributed by atoms with Gasteiger partial charge in [-0.1, -0.05) is 18.2 Å². The molecule has 0 aliphatic rings. The average Bonchev–Trinajstić information content (AvgIpc) is 2.38. The Morgan fingerprint density at radius 3 is 2.29 bits per heavy atom. The van der Waals surface area contributed by atoms with Crippen LogP contribution in [0.1, 0.15) is 31.4 Å². The Bertz CT molecular complexity index is 491. The zero-order valence-electron chi connectivity index (χ0n) is 13.0. The van der Waals surface area contributed by atoms with Crippen LogP contribution in [0.3, 0.4) is 0 Å². The fourth-order valence-corrected chi connectivity index (χ4v) is 2.12. The van der Waals surface area contributed by atoms with Crippen LogP contribution in [-0.2, 0) is 9.59 Å². The number of aryl methyl sites for hydroxylation is 2. The molecule has 0 saturated carbocycles. The number of benzene rings is 1. The van der Waals surface area contributed by atoms with Crippen molar-refractivity contribution >= 4 is 11.9 Å². The number of aliphatic carboxylic acids is 1. The third kappa shape index (κ3) is 5.10. The Balaban J connectivity index is 2.58. The molecule has 0 unspecified atom stereocenters. The standard InChI is InChI=1S/C16H23NO4/c1-11(2)17(10-15(19)20)14(18)8-9-21-16-12(3)6-5-7-13(16)4/h5-7,11H,8-10H2,1-4H3,(H,19,20). The first kappa shape index (κ1) is 17.0. The van der Waals surface area contributed by atoms with Crippen molar-refractivity contribution < 1.29 is 19.4 Å². The molecule has 0 aliphatic heterocycles. The first-order valence-electron chi connectivity index (χ1n) is 7.03. The molecule has 0 fully saturated rings. The quantitative estimate of drug-likeness (QED) is 0.838. The minimum Gasteiger partial charge on any atom is -0.493 e. The maximum Gasteiger partial charge on any atom is 0.323 e. The van der Waals surface area contributed by atoms with E-state index in [1.807, 2.05) is 32.0 Å². The number of hydrogen-bond donors (Lipinski definition) is 1. The summed E-state index contributed by atoms with van der Waals surface area (Å²) in [5.41, 5.74) is 2.04. The number of carboxylic acids is 1. The fraction of sp³-hybridized carbons (Fsp3) is 0.500. The van der Waals surface area contributed by atoms with E-state index in [9.17, 15) is 9.59 Å². The van der Waals surface area contributed by atoms with Gasteiger partial charge in [0.2, 0.25) is 5.91 Å². The topological polar surface area (TPSA) is 66.8 Å². The van der Waals surface area contributed by atoms with Crippen LogP contribution in [0.4, 0.5) is 0 Å². The summed E-state index contributed by atoms with van der Waals surface area (Å²) in [7, 11) is 0. The van der Waals surface area contributed by atoms with Crippen LogP contribution >= 0.6 is 0 Å². The molecular formula is C16H23NO4. The molecule has 1 aromatic rings. The summed E-state index contributed by atoms with van der Waals surface area (Å²) in [5.74, 6) is -0.425. The summed E-state index contributed by atoms with van der Waals surface area (Å²) in [6.07, 6.45) is 0.166. The molecule has 0 atom stereocenters. The van der Waals surface area contributed by atoms with Crippen molar-refractivity contribution in [2.45, 2.75) is 40.2 Å². The van der Waals surface area contributed by atoms with Gasteiger partial charge in [-0.3, -0.25) is 9.59 Å².